The van der Waals surface area contributed by atoms with Gasteiger partial charge < -0.3 is 19.8 Å². The largest absolute Gasteiger partial charge is 0.490 e. The molecular weight excluding hydrogens is 388 g/mol. The summed E-state index contributed by atoms with van der Waals surface area (Å²) in [5, 5.41) is 3.94. The van der Waals surface area contributed by atoms with Crippen molar-refractivity contribution in [3.05, 3.63) is 84.6 Å². The van der Waals surface area contributed by atoms with Gasteiger partial charge in [-0.05, 0) is 53.4 Å². The summed E-state index contributed by atoms with van der Waals surface area (Å²) in [6.45, 7) is 3.06. The lowest BCUT2D eigenvalue weighted by Crippen LogP contribution is -2.22. The van der Waals surface area contributed by atoms with E-state index in [2.05, 4.69) is 34.6 Å². The molecule has 0 aliphatic carbocycles. The maximum atomic E-state index is 11.1. The van der Waals surface area contributed by atoms with Crippen LogP contribution in [0.3, 0.4) is 0 Å². The minimum atomic E-state index is -0.0152. The van der Waals surface area contributed by atoms with Gasteiger partial charge >= 0.3 is 0 Å². The van der Waals surface area contributed by atoms with Crippen LogP contribution in [0.1, 0.15) is 12.5 Å². The lowest BCUT2D eigenvalue weighted by atomic mass is 10.1. The molecule has 0 atom stereocenters. The number of hydrogen-bond donors (Lipinski definition) is 2. The van der Waals surface area contributed by atoms with Crippen molar-refractivity contribution in [2.24, 2.45) is 0 Å². The van der Waals surface area contributed by atoms with Crippen LogP contribution < -0.4 is 14.8 Å². The molecule has 0 radical (unpaired) electrons. The van der Waals surface area contributed by atoms with Crippen LogP contribution in [0.2, 0.25) is 0 Å². The summed E-state index contributed by atoms with van der Waals surface area (Å²) in [7, 11) is 0. The van der Waals surface area contributed by atoms with Crippen LogP contribution in [0.4, 0.5) is 0 Å². The smallest absolute Gasteiger partial charge is 0.216 e. The molecule has 4 aromatic rings. The number of benzene rings is 3. The van der Waals surface area contributed by atoms with Crippen molar-refractivity contribution in [1.82, 2.24) is 10.3 Å². The zero-order valence-corrected chi connectivity index (χ0v) is 17.6. The van der Waals surface area contributed by atoms with E-state index in [4.69, 9.17) is 9.47 Å². The first-order chi connectivity index (χ1) is 15.2. The number of carbonyl (C=O) groups excluding carboxylic acids is 1. The van der Waals surface area contributed by atoms with E-state index in [0.717, 1.165) is 34.4 Å². The summed E-state index contributed by atoms with van der Waals surface area (Å²) in [5.74, 6) is 1.61. The molecule has 5 heteroatoms. The standard InChI is InChI=1S/C26H26N2O3/c1-19(29)27-14-13-22-18-28-26-12-11-24(17-25(22)26)31-16-15-30-23-9-7-21(8-10-23)20-5-3-2-4-6-20/h2-12,17-18,28H,13-16H2,1H3,(H,27,29). The molecular formula is C26H26N2O3. The predicted octanol–water partition coefficient (Wildman–Crippen LogP) is 4.97. The molecule has 0 saturated heterocycles. The van der Waals surface area contributed by atoms with Crippen molar-refractivity contribution in [1.29, 1.82) is 0 Å². The lowest BCUT2D eigenvalue weighted by molar-refractivity contribution is -0.118. The Morgan fingerprint density at radius 2 is 1.55 bits per heavy atom. The Hall–Kier alpha value is -3.73. The van der Waals surface area contributed by atoms with Gasteiger partial charge in [0.05, 0.1) is 0 Å². The Bertz CT molecular complexity index is 1130. The molecule has 0 fully saturated rings. The maximum Gasteiger partial charge on any atom is 0.216 e. The molecule has 5 nitrogen and oxygen atoms in total. The van der Waals surface area contributed by atoms with E-state index in [1.807, 2.05) is 54.7 Å². The van der Waals surface area contributed by atoms with Crippen molar-refractivity contribution in [3.63, 3.8) is 0 Å². The summed E-state index contributed by atoms with van der Waals surface area (Å²) in [6, 6.07) is 24.4. The van der Waals surface area contributed by atoms with E-state index in [0.29, 0.717) is 19.8 Å². The Labute approximate surface area is 182 Å². The number of aromatic nitrogens is 1. The SMILES string of the molecule is CC(=O)NCCc1c[nH]c2ccc(OCCOc3ccc(-c4ccccc4)cc3)cc12. The fraction of sp³-hybridized carbons (Fsp3) is 0.192. The number of nitrogens with one attached hydrogen (secondary N) is 2. The molecule has 2 N–H and O–H groups in total. The van der Waals surface area contributed by atoms with Gasteiger partial charge in [-0.15, -0.1) is 0 Å². The molecule has 0 aliphatic rings. The number of H-pyrrole nitrogens is 1. The van der Waals surface area contributed by atoms with Gasteiger partial charge in [-0.25, -0.2) is 0 Å². The molecule has 31 heavy (non-hydrogen) atoms. The summed E-state index contributed by atoms with van der Waals surface area (Å²) in [5.41, 5.74) is 4.57. The molecule has 1 aromatic heterocycles. The van der Waals surface area contributed by atoms with Gasteiger partial charge in [0, 0.05) is 30.6 Å². The molecule has 1 heterocycles. The Morgan fingerprint density at radius 1 is 0.871 bits per heavy atom. The van der Waals surface area contributed by atoms with Crippen LogP contribution in [-0.4, -0.2) is 30.6 Å². The van der Waals surface area contributed by atoms with E-state index >= 15 is 0 Å². The first-order valence-corrected chi connectivity index (χ1v) is 10.4. The predicted molar refractivity (Wildman–Crippen MR) is 124 cm³/mol. The fourth-order valence-corrected chi connectivity index (χ4v) is 3.52. The second-order valence-electron chi connectivity index (χ2n) is 7.34. The van der Waals surface area contributed by atoms with Gasteiger partial charge in [0.15, 0.2) is 0 Å². The van der Waals surface area contributed by atoms with Gasteiger partial charge in [0.2, 0.25) is 5.91 Å². The summed E-state index contributed by atoms with van der Waals surface area (Å²) >= 11 is 0. The Kier molecular flexibility index (Phi) is 6.53. The number of hydrogen-bond acceptors (Lipinski definition) is 3. The van der Waals surface area contributed by atoms with Crippen LogP contribution >= 0.6 is 0 Å². The van der Waals surface area contributed by atoms with Gasteiger partial charge in [0.25, 0.3) is 0 Å². The lowest BCUT2D eigenvalue weighted by Gasteiger charge is -2.10. The zero-order valence-electron chi connectivity index (χ0n) is 17.6. The number of rotatable bonds is 9. The molecule has 0 unspecified atom stereocenters. The third-order valence-corrected chi connectivity index (χ3v) is 5.09. The monoisotopic (exact) mass is 414 g/mol. The third-order valence-electron chi connectivity index (χ3n) is 5.09. The van der Waals surface area contributed by atoms with Crippen molar-refractivity contribution in [2.75, 3.05) is 19.8 Å². The van der Waals surface area contributed by atoms with Crippen LogP contribution in [-0.2, 0) is 11.2 Å². The van der Waals surface area contributed by atoms with Crippen molar-refractivity contribution in [2.45, 2.75) is 13.3 Å². The Balaban J connectivity index is 1.29. The fourth-order valence-electron chi connectivity index (χ4n) is 3.52. The number of fused-ring (bicyclic) bond motifs is 1. The van der Waals surface area contributed by atoms with Crippen molar-refractivity contribution >= 4 is 16.8 Å². The van der Waals surface area contributed by atoms with Gasteiger partial charge in [-0.1, -0.05) is 42.5 Å². The minimum Gasteiger partial charge on any atom is -0.490 e. The van der Waals surface area contributed by atoms with E-state index in [9.17, 15) is 4.79 Å². The highest BCUT2D eigenvalue weighted by Crippen LogP contribution is 2.25. The molecule has 158 valence electrons. The first kappa shape index (κ1) is 20.5. The average Bonchev–Trinajstić information content (AvgIpc) is 3.20. The summed E-state index contributed by atoms with van der Waals surface area (Å²) in [4.78, 5) is 14.3. The molecule has 0 saturated carbocycles. The molecule has 3 aromatic carbocycles. The van der Waals surface area contributed by atoms with Crippen LogP contribution in [0.5, 0.6) is 11.5 Å². The minimum absolute atomic E-state index is 0.0152. The van der Waals surface area contributed by atoms with Gasteiger partial charge in [-0.2, -0.15) is 0 Å². The topological polar surface area (TPSA) is 63.4 Å². The van der Waals surface area contributed by atoms with E-state index in [1.165, 1.54) is 18.1 Å². The molecule has 1 amide bonds. The third kappa shape index (κ3) is 5.45. The number of amides is 1. The van der Waals surface area contributed by atoms with E-state index in [1.54, 1.807) is 0 Å². The summed E-state index contributed by atoms with van der Waals surface area (Å²) < 4.78 is 11.7. The number of aromatic amines is 1. The first-order valence-electron chi connectivity index (χ1n) is 10.4. The quantitative estimate of drug-likeness (QED) is 0.380. The molecule has 4 rings (SSSR count). The highest BCUT2D eigenvalue weighted by atomic mass is 16.5. The van der Waals surface area contributed by atoms with E-state index < -0.39 is 0 Å². The number of ether oxygens (including phenoxy) is 2. The molecule has 0 aliphatic heterocycles. The Morgan fingerprint density at radius 3 is 2.29 bits per heavy atom. The second kappa shape index (κ2) is 9.85. The maximum absolute atomic E-state index is 11.1. The molecule has 0 bridgehead atoms. The van der Waals surface area contributed by atoms with Crippen LogP contribution in [0, 0.1) is 0 Å². The van der Waals surface area contributed by atoms with Crippen molar-refractivity contribution in [3.8, 4) is 22.6 Å². The van der Waals surface area contributed by atoms with Crippen LogP contribution in [0.15, 0.2) is 79.0 Å². The summed E-state index contributed by atoms with van der Waals surface area (Å²) in [6.07, 6.45) is 2.75. The van der Waals surface area contributed by atoms with E-state index in [-0.39, 0.29) is 5.91 Å². The van der Waals surface area contributed by atoms with Crippen molar-refractivity contribution < 1.29 is 14.3 Å². The number of carbonyl (C=O) groups is 1. The van der Waals surface area contributed by atoms with Crippen LogP contribution in [0.25, 0.3) is 22.0 Å². The zero-order chi connectivity index (χ0) is 21.5. The highest BCUT2D eigenvalue weighted by Gasteiger charge is 2.06. The van der Waals surface area contributed by atoms with Gasteiger partial charge in [-0.3, -0.25) is 4.79 Å². The average molecular weight is 415 g/mol. The molecule has 0 spiro atoms. The van der Waals surface area contributed by atoms with Gasteiger partial charge in [0.1, 0.15) is 24.7 Å². The second-order valence-corrected chi connectivity index (χ2v) is 7.34. The highest BCUT2D eigenvalue weighted by molar-refractivity contribution is 5.84. The normalized spacial score (nSPS) is 10.7.